The first-order chi connectivity index (χ1) is 7.04. The molecule has 2 heteroatoms. The van der Waals surface area contributed by atoms with Gasteiger partial charge in [-0.25, -0.2) is 0 Å². The van der Waals surface area contributed by atoms with E-state index in [4.69, 9.17) is 4.74 Å². The Hall–Kier alpha value is -0.0800. The van der Waals surface area contributed by atoms with Gasteiger partial charge in [-0.2, -0.15) is 0 Å². The second kappa shape index (κ2) is 5.86. The average Bonchev–Trinajstić information content (AvgIpc) is 2.18. The van der Waals surface area contributed by atoms with Crippen LogP contribution in [0.2, 0.25) is 0 Å². The molecule has 0 bridgehead atoms. The van der Waals surface area contributed by atoms with E-state index < -0.39 is 0 Å². The zero-order valence-electron chi connectivity index (χ0n) is 10.8. The molecule has 1 aliphatic heterocycles. The Morgan fingerprint density at radius 2 is 1.87 bits per heavy atom. The van der Waals surface area contributed by atoms with Crippen molar-refractivity contribution in [2.45, 2.75) is 52.5 Å². The van der Waals surface area contributed by atoms with E-state index in [1.54, 1.807) is 0 Å². The van der Waals surface area contributed by atoms with Crippen LogP contribution in [0.3, 0.4) is 0 Å². The van der Waals surface area contributed by atoms with E-state index >= 15 is 0 Å². The molecule has 0 amide bonds. The fourth-order valence-corrected chi connectivity index (χ4v) is 2.45. The van der Waals surface area contributed by atoms with Gasteiger partial charge >= 0.3 is 0 Å². The molecule has 15 heavy (non-hydrogen) atoms. The summed E-state index contributed by atoms with van der Waals surface area (Å²) >= 11 is 0. The molecule has 1 atom stereocenters. The van der Waals surface area contributed by atoms with Crippen molar-refractivity contribution in [2.24, 2.45) is 11.3 Å². The molecular formula is C13H27NO. The first-order valence-corrected chi connectivity index (χ1v) is 6.29. The third kappa shape index (κ3) is 4.52. The van der Waals surface area contributed by atoms with Crippen molar-refractivity contribution in [1.29, 1.82) is 0 Å². The Balaban J connectivity index is 2.27. The van der Waals surface area contributed by atoms with Crippen molar-refractivity contribution in [3.8, 4) is 0 Å². The fraction of sp³-hybridized carbons (Fsp3) is 1.00. The second-order valence-corrected chi connectivity index (χ2v) is 5.84. The van der Waals surface area contributed by atoms with Crippen LogP contribution >= 0.6 is 0 Å². The van der Waals surface area contributed by atoms with Crippen LogP contribution in [-0.2, 0) is 4.74 Å². The Morgan fingerprint density at radius 3 is 2.33 bits per heavy atom. The zero-order chi connectivity index (χ0) is 11.3. The van der Waals surface area contributed by atoms with Gasteiger partial charge in [-0.1, -0.05) is 20.8 Å². The summed E-state index contributed by atoms with van der Waals surface area (Å²) in [6.07, 6.45) is 5.18. The van der Waals surface area contributed by atoms with Gasteiger partial charge in [-0.3, -0.25) is 0 Å². The molecule has 2 nitrogen and oxygen atoms in total. The van der Waals surface area contributed by atoms with E-state index in [9.17, 15) is 0 Å². The molecule has 1 saturated heterocycles. The summed E-state index contributed by atoms with van der Waals surface area (Å²) in [5.74, 6) is 0.900. The molecule has 1 N–H and O–H groups in total. The molecule has 0 saturated carbocycles. The number of ether oxygens (including phenoxy) is 1. The van der Waals surface area contributed by atoms with Crippen LogP contribution in [0.4, 0.5) is 0 Å². The van der Waals surface area contributed by atoms with Gasteiger partial charge < -0.3 is 10.1 Å². The molecule has 1 fully saturated rings. The molecular weight excluding hydrogens is 186 g/mol. The van der Waals surface area contributed by atoms with Gasteiger partial charge in [0.05, 0.1) is 0 Å². The molecule has 0 aliphatic carbocycles. The molecule has 0 aromatic carbocycles. The summed E-state index contributed by atoms with van der Waals surface area (Å²) in [6.45, 7) is 8.91. The number of hydrogen-bond donors (Lipinski definition) is 1. The largest absolute Gasteiger partial charge is 0.381 e. The van der Waals surface area contributed by atoms with Crippen molar-refractivity contribution in [1.82, 2.24) is 5.32 Å². The number of nitrogens with one attached hydrogen (secondary N) is 1. The van der Waals surface area contributed by atoms with E-state index in [0.29, 0.717) is 11.5 Å². The van der Waals surface area contributed by atoms with Crippen LogP contribution in [0, 0.1) is 11.3 Å². The maximum absolute atomic E-state index is 5.38. The highest BCUT2D eigenvalue weighted by atomic mass is 16.5. The second-order valence-electron chi connectivity index (χ2n) is 5.84. The monoisotopic (exact) mass is 213 g/mol. The Bertz CT molecular complexity index is 168. The molecule has 90 valence electrons. The normalized spacial score (nSPS) is 21.6. The van der Waals surface area contributed by atoms with E-state index in [0.717, 1.165) is 19.1 Å². The predicted molar refractivity (Wildman–Crippen MR) is 65.1 cm³/mol. The van der Waals surface area contributed by atoms with Gasteiger partial charge in [0.2, 0.25) is 0 Å². The maximum atomic E-state index is 5.38. The van der Waals surface area contributed by atoms with Crippen LogP contribution in [0.15, 0.2) is 0 Å². The van der Waals surface area contributed by atoms with E-state index in [1.807, 2.05) is 0 Å². The average molecular weight is 213 g/mol. The molecule has 0 spiro atoms. The molecule has 0 radical (unpaired) electrons. The summed E-state index contributed by atoms with van der Waals surface area (Å²) in [4.78, 5) is 0. The van der Waals surface area contributed by atoms with Gasteiger partial charge in [0.25, 0.3) is 0 Å². The number of rotatable bonds is 4. The zero-order valence-corrected chi connectivity index (χ0v) is 10.8. The highest BCUT2D eigenvalue weighted by Crippen LogP contribution is 2.27. The lowest BCUT2D eigenvalue weighted by Crippen LogP contribution is -2.38. The minimum absolute atomic E-state index is 0.375. The first kappa shape index (κ1) is 13.0. The van der Waals surface area contributed by atoms with Gasteiger partial charge in [0, 0.05) is 19.3 Å². The van der Waals surface area contributed by atoms with Crippen molar-refractivity contribution >= 4 is 0 Å². The summed E-state index contributed by atoms with van der Waals surface area (Å²) in [7, 11) is 2.08. The first-order valence-electron chi connectivity index (χ1n) is 6.29. The number of hydrogen-bond acceptors (Lipinski definition) is 2. The van der Waals surface area contributed by atoms with Gasteiger partial charge in [0.15, 0.2) is 0 Å². The van der Waals surface area contributed by atoms with Crippen molar-refractivity contribution < 1.29 is 4.74 Å². The maximum Gasteiger partial charge on any atom is 0.0468 e. The molecule has 1 aliphatic rings. The molecule has 1 rings (SSSR count). The smallest absolute Gasteiger partial charge is 0.0468 e. The van der Waals surface area contributed by atoms with E-state index in [-0.39, 0.29) is 0 Å². The van der Waals surface area contributed by atoms with Crippen molar-refractivity contribution in [2.75, 3.05) is 20.3 Å². The van der Waals surface area contributed by atoms with E-state index in [2.05, 4.69) is 33.1 Å². The van der Waals surface area contributed by atoms with Crippen LogP contribution in [0.25, 0.3) is 0 Å². The summed E-state index contributed by atoms with van der Waals surface area (Å²) in [6, 6.07) is 0.639. The standard InChI is InChI=1S/C13H27NO/c1-13(2,3)12(14-4)6-5-11-7-9-15-10-8-11/h11-12,14H,5-10H2,1-4H3. The third-order valence-corrected chi connectivity index (χ3v) is 3.60. The third-order valence-electron chi connectivity index (χ3n) is 3.60. The quantitative estimate of drug-likeness (QED) is 0.775. The summed E-state index contributed by atoms with van der Waals surface area (Å²) in [5, 5.41) is 3.45. The highest BCUT2D eigenvalue weighted by Gasteiger charge is 2.24. The SMILES string of the molecule is CNC(CCC1CCOCC1)C(C)(C)C. The molecule has 0 aromatic rings. The van der Waals surface area contributed by atoms with Gasteiger partial charge in [-0.05, 0) is 44.1 Å². The lowest BCUT2D eigenvalue weighted by Gasteiger charge is -2.32. The molecule has 1 unspecified atom stereocenters. The predicted octanol–water partition coefficient (Wildman–Crippen LogP) is 2.83. The molecule has 0 aromatic heterocycles. The lowest BCUT2D eigenvalue weighted by atomic mass is 9.81. The minimum Gasteiger partial charge on any atom is -0.381 e. The van der Waals surface area contributed by atoms with Crippen LogP contribution in [0.1, 0.15) is 46.5 Å². The van der Waals surface area contributed by atoms with Crippen LogP contribution < -0.4 is 5.32 Å². The fourth-order valence-electron chi connectivity index (χ4n) is 2.45. The Kier molecular flexibility index (Phi) is 5.07. The minimum atomic E-state index is 0.375. The highest BCUT2D eigenvalue weighted by molar-refractivity contribution is 4.80. The van der Waals surface area contributed by atoms with Crippen LogP contribution in [-0.4, -0.2) is 26.3 Å². The van der Waals surface area contributed by atoms with E-state index in [1.165, 1.54) is 25.7 Å². The molecule has 1 heterocycles. The van der Waals surface area contributed by atoms with Gasteiger partial charge in [0.1, 0.15) is 0 Å². The van der Waals surface area contributed by atoms with Crippen LogP contribution in [0.5, 0.6) is 0 Å². The Morgan fingerprint density at radius 1 is 1.27 bits per heavy atom. The summed E-state index contributed by atoms with van der Waals surface area (Å²) in [5.41, 5.74) is 0.375. The lowest BCUT2D eigenvalue weighted by molar-refractivity contribution is 0.0609. The van der Waals surface area contributed by atoms with Crippen molar-refractivity contribution in [3.05, 3.63) is 0 Å². The van der Waals surface area contributed by atoms with Gasteiger partial charge in [-0.15, -0.1) is 0 Å². The topological polar surface area (TPSA) is 21.3 Å². The Labute approximate surface area is 94.8 Å². The van der Waals surface area contributed by atoms with Crippen molar-refractivity contribution in [3.63, 3.8) is 0 Å². The summed E-state index contributed by atoms with van der Waals surface area (Å²) < 4.78 is 5.38.